The fourth-order valence-corrected chi connectivity index (χ4v) is 2.04. The first-order valence-electron chi connectivity index (χ1n) is 5.99. The lowest BCUT2D eigenvalue weighted by Gasteiger charge is -2.06. The molecule has 104 valence electrons. The van der Waals surface area contributed by atoms with E-state index in [0.29, 0.717) is 5.39 Å². The molecule has 1 aromatic heterocycles. The Kier molecular flexibility index (Phi) is 2.94. The number of benzene rings is 2. The Morgan fingerprint density at radius 3 is 2.67 bits per heavy atom. The molecule has 0 fully saturated rings. The number of nitro benzene ring substituents is 1. The molecule has 0 aliphatic rings. The number of para-hydroxylation sites is 1. The van der Waals surface area contributed by atoms with Gasteiger partial charge in [-0.05, 0) is 18.2 Å². The van der Waals surface area contributed by atoms with Crippen LogP contribution in [0.1, 0.15) is 0 Å². The Balaban J connectivity index is 2.32. The van der Waals surface area contributed by atoms with Gasteiger partial charge >= 0.3 is 0 Å². The Morgan fingerprint density at radius 2 is 1.95 bits per heavy atom. The van der Waals surface area contributed by atoms with E-state index in [1.54, 1.807) is 6.07 Å². The minimum atomic E-state index is -0.610. The number of aromatic nitrogens is 2. The van der Waals surface area contributed by atoms with Crippen LogP contribution < -0.4 is 5.56 Å². The molecule has 0 saturated heterocycles. The molecule has 0 N–H and O–H groups in total. The maximum atomic E-state index is 13.8. The molecule has 2 aromatic carbocycles. The minimum absolute atomic E-state index is 0.00379. The van der Waals surface area contributed by atoms with E-state index in [0.717, 1.165) is 10.7 Å². The molecule has 0 spiro atoms. The summed E-state index contributed by atoms with van der Waals surface area (Å²) in [4.78, 5) is 22.6. The molecular weight excluding hydrogens is 277 g/mol. The summed E-state index contributed by atoms with van der Waals surface area (Å²) < 4.78 is 14.6. The predicted octanol–water partition coefficient (Wildman–Crippen LogP) is 2.43. The highest BCUT2D eigenvalue weighted by Gasteiger charge is 2.13. The quantitative estimate of drug-likeness (QED) is 0.535. The third-order valence-corrected chi connectivity index (χ3v) is 3.06. The third kappa shape index (κ3) is 2.14. The van der Waals surface area contributed by atoms with Crippen molar-refractivity contribution in [1.82, 2.24) is 9.78 Å². The van der Waals surface area contributed by atoms with Crippen molar-refractivity contribution < 1.29 is 9.31 Å². The standard InChI is InChI=1S/C14H8FN3O3/c15-12-3-1-2-4-13(12)17-14(19)11-7-10(18(20)21)6-5-9(11)8-16-17/h1-8H. The summed E-state index contributed by atoms with van der Waals surface area (Å²) in [6.45, 7) is 0. The molecule has 21 heavy (non-hydrogen) atoms. The number of rotatable bonds is 2. The molecule has 0 amide bonds. The lowest BCUT2D eigenvalue weighted by molar-refractivity contribution is -0.384. The van der Waals surface area contributed by atoms with Crippen LogP contribution in [0, 0.1) is 15.9 Å². The lowest BCUT2D eigenvalue weighted by atomic mass is 10.2. The first-order valence-corrected chi connectivity index (χ1v) is 5.99. The molecule has 3 aromatic rings. The summed E-state index contributed by atoms with van der Waals surface area (Å²) in [7, 11) is 0. The average molecular weight is 285 g/mol. The maximum absolute atomic E-state index is 13.8. The van der Waals surface area contributed by atoms with E-state index < -0.39 is 16.3 Å². The fourth-order valence-electron chi connectivity index (χ4n) is 2.04. The van der Waals surface area contributed by atoms with Gasteiger partial charge in [0.25, 0.3) is 11.2 Å². The number of nitro groups is 1. The molecule has 6 nitrogen and oxygen atoms in total. The topological polar surface area (TPSA) is 78.0 Å². The predicted molar refractivity (Wildman–Crippen MR) is 74.0 cm³/mol. The zero-order valence-electron chi connectivity index (χ0n) is 10.6. The van der Waals surface area contributed by atoms with Gasteiger partial charge in [-0.25, -0.2) is 4.39 Å². The zero-order chi connectivity index (χ0) is 15.0. The van der Waals surface area contributed by atoms with Crippen molar-refractivity contribution >= 4 is 16.5 Å². The van der Waals surface area contributed by atoms with Gasteiger partial charge in [0.05, 0.1) is 16.5 Å². The van der Waals surface area contributed by atoms with Gasteiger partial charge in [-0.3, -0.25) is 14.9 Å². The van der Waals surface area contributed by atoms with E-state index in [9.17, 15) is 19.3 Å². The third-order valence-electron chi connectivity index (χ3n) is 3.06. The van der Waals surface area contributed by atoms with Crippen molar-refractivity contribution in [1.29, 1.82) is 0 Å². The first-order chi connectivity index (χ1) is 10.1. The largest absolute Gasteiger partial charge is 0.279 e. The fraction of sp³-hybridized carbons (Fsp3) is 0. The number of hydrogen-bond donors (Lipinski definition) is 0. The molecule has 3 rings (SSSR count). The highest BCUT2D eigenvalue weighted by Crippen LogP contribution is 2.18. The van der Waals surface area contributed by atoms with E-state index in [1.165, 1.54) is 36.5 Å². The monoisotopic (exact) mass is 285 g/mol. The molecule has 0 atom stereocenters. The normalized spacial score (nSPS) is 10.7. The number of halogens is 1. The van der Waals surface area contributed by atoms with Crippen molar-refractivity contribution in [3.63, 3.8) is 0 Å². The smallest absolute Gasteiger partial charge is 0.267 e. The van der Waals surface area contributed by atoms with Crippen molar-refractivity contribution in [2.75, 3.05) is 0 Å². The van der Waals surface area contributed by atoms with Gasteiger partial charge in [0.1, 0.15) is 11.5 Å². The van der Waals surface area contributed by atoms with Crippen molar-refractivity contribution in [2.45, 2.75) is 0 Å². The van der Waals surface area contributed by atoms with Crippen LogP contribution >= 0.6 is 0 Å². The molecular formula is C14H8FN3O3. The second-order valence-electron chi connectivity index (χ2n) is 4.34. The summed E-state index contributed by atoms with van der Waals surface area (Å²) in [5.41, 5.74) is -0.817. The average Bonchev–Trinajstić information content (AvgIpc) is 2.48. The summed E-state index contributed by atoms with van der Waals surface area (Å²) in [5, 5.41) is 15.3. The first kappa shape index (κ1) is 12.9. The van der Waals surface area contributed by atoms with Crippen molar-refractivity contribution in [3.05, 3.63) is 74.9 Å². The highest BCUT2D eigenvalue weighted by molar-refractivity contribution is 5.83. The van der Waals surface area contributed by atoms with Crippen molar-refractivity contribution in [3.8, 4) is 5.69 Å². The molecule has 0 radical (unpaired) electrons. The number of hydrogen-bond acceptors (Lipinski definition) is 4. The Morgan fingerprint density at radius 1 is 1.19 bits per heavy atom. The molecule has 0 aliphatic heterocycles. The number of fused-ring (bicyclic) bond motifs is 1. The molecule has 7 heteroatoms. The Labute approximate surface area is 117 Å². The van der Waals surface area contributed by atoms with Crippen LogP contribution in [0.5, 0.6) is 0 Å². The lowest BCUT2D eigenvalue weighted by Crippen LogP contribution is -2.21. The summed E-state index contributed by atoms with van der Waals surface area (Å²) in [6, 6.07) is 9.58. The molecule has 1 heterocycles. The molecule has 0 unspecified atom stereocenters. The maximum Gasteiger partial charge on any atom is 0.279 e. The Hall–Kier alpha value is -3.09. The summed E-state index contributed by atoms with van der Waals surface area (Å²) in [6.07, 6.45) is 1.37. The van der Waals surface area contributed by atoms with E-state index >= 15 is 0 Å². The van der Waals surface area contributed by atoms with Crippen LogP contribution in [-0.2, 0) is 0 Å². The van der Waals surface area contributed by atoms with Crippen LogP contribution in [0.15, 0.2) is 53.5 Å². The van der Waals surface area contributed by atoms with E-state index in [-0.39, 0.29) is 16.8 Å². The van der Waals surface area contributed by atoms with Gasteiger partial charge in [-0.2, -0.15) is 9.78 Å². The van der Waals surface area contributed by atoms with Crippen molar-refractivity contribution in [2.24, 2.45) is 0 Å². The van der Waals surface area contributed by atoms with Gasteiger partial charge < -0.3 is 0 Å². The van der Waals surface area contributed by atoms with Gasteiger partial charge in [0.2, 0.25) is 0 Å². The highest BCUT2D eigenvalue weighted by atomic mass is 19.1. The van der Waals surface area contributed by atoms with Crippen LogP contribution in [0.4, 0.5) is 10.1 Å². The van der Waals surface area contributed by atoms with Crippen LogP contribution in [0.2, 0.25) is 0 Å². The number of non-ortho nitro benzene ring substituents is 1. The summed E-state index contributed by atoms with van der Waals surface area (Å²) in [5.74, 6) is -0.600. The summed E-state index contributed by atoms with van der Waals surface area (Å²) >= 11 is 0. The van der Waals surface area contributed by atoms with Crippen LogP contribution in [-0.4, -0.2) is 14.7 Å². The minimum Gasteiger partial charge on any atom is -0.267 e. The second-order valence-corrected chi connectivity index (χ2v) is 4.34. The van der Waals surface area contributed by atoms with Crippen LogP contribution in [0.3, 0.4) is 0 Å². The SMILES string of the molecule is O=c1c2cc([N+](=O)[O-])ccc2cnn1-c1ccccc1F. The van der Waals surface area contributed by atoms with Gasteiger partial charge in [-0.15, -0.1) is 0 Å². The number of nitrogens with zero attached hydrogens (tertiary/aromatic N) is 3. The van der Waals surface area contributed by atoms with Gasteiger partial charge in [-0.1, -0.05) is 12.1 Å². The van der Waals surface area contributed by atoms with E-state index in [2.05, 4.69) is 5.10 Å². The van der Waals surface area contributed by atoms with Gasteiger partial charge in [0.15, 0.2) is 0 Å². The van der Waals surface area contributed by atoms with Crippen LogP contribution in [0.25, 0.3) is 16.5 Å². The van der Waals surface area contributed by atoms with Gasteiger partial charge in [0, 0.05) is 17.5 Å². The zero-order valence-corrected chi connectivity index (χ0v) is 10.6. The molecule has 0 bridgehead atoms. The Bertz CT molecular complexity index is 921. The van der Waals surface area contributed by atoms with E-state index in [4.69, 9.17) is 0 Å². The van der Waals surface area contributed by atoms with E-state index in [1.807, 2.05) is 0 Å². The second kappa shape index (κ2) is 4.78. The molecule has 0 aliphatic carbocycles. The molecule has 0 saturated carbocycles.